The van der Waals surface area contributed by atoms with Crippen LogP contribution in [0.25, 0.3) is 0 Å². The minimum Gasteiger partial charge on any atom is -0.410 e. The molecule has 0 aliphatic rings. The molecule has 0 heterocycles. The van der Waals surface area contributed by atoms with Crippen molar-refractivity contribution in [3.05, 3.63) is 71.5 Å². The molecule has 2 rings (SSSR count). The third-order valence-electron chi connectivity index (χ3n) is 2.32. The first-order chi connectivity index (χ1) is 8.79. The predicted molar refractivity (Wildman–Crippen MR) is 68.0 cm³/mol. The molecule has 0 amide bonds. The van der Waals surface area contributed by atoms with E-state index >= 15 is 0 Å². The molecule has 0 fully saturated rings. The summed E-state index contributed by atoms with van der Waals surface area (Å²) in [6.07, 6.45) is 0. The molecule has 0 saturated carbocycles. The minimum atomic E-state index is -0.306. The van der Waals surface area contributed by atoms with Crippen LogP contribution >= 0.6 is 0 Å². The van der Waals surface area contributed by atoms with E-state index in [0.29, 0.717) is 5.56 Å². The van der Waals surface area contributed by atoms with Gasteiger partial charge >= 0.3 is 0 Å². The summed E-state index contributed by atoms with van der Waals surface area (Å²) in [6.45, 7) is 0. The fourth-order valence-corrected chi connectivity index (χ4v) is 1.42. The molecule has 0 atom stereocenters. The molecule has 0 aliphatic heterocycles. The number of hydrogen-bond acceptors (Lipinski definition) is 2. The Bertz CT molecular complexity index is 606. The first-order valence-electron chi connectivity index (χ1n) is 5.34. The maximum atomic E-state index is 12.7. The number of nitrogens with zero attached hydrogens (tertiary/aromatic N) is 1. The summed E-state index contributed by atoms with van der Waals surface area (Å²) in [4.78, 5) is 0. The van der Waals surface area contributed by atoms with Crippen LogP contribution in [-0.2, 0) is 0 Å². The highest BCUT2D eigenvalue weighted by molar-refractivity contribution is 6.12. The van der Waals surface area contributed by atoms with Crippen molar-refractivity contribution >= 4 is 5.71 Å². The second-order valence-electron chi connectivity index (χ2n) is 3.57. The summed E-state index contributed by atoms with van der Waals surface area (Å²) in [6, 6.07) is 14.9. The van der Waals surface area contributed by atoms with E-state index in [1.54, 1.807) is 24.3 Å². The van der Waals surface area contributed by atoms with Crippen LogP contribution in [-0.4, -0.2) is 10.9 Å². The van der Waals surface area contributed by atoms with Gasteiger partial charge in [-0.25, -0.2) is 4.39 Å². The summed E-state index contributed by atoms with van der Waals surface area (Å²) in [5.74, 6) is 5.26. The Hall–Kier alpha value is -2.60. The van der Waals surface area contributed by atoms with Crippen LogP contribution in [0, 0.1) is 17.7 Å². The smallest absolute Gasteiger partial charge is 0.159 e. The van der Waals surface area contributed by atoms with E-state index in [-0.39, 0.29) is 11.5 Å². The Morgan fingerprint density at radius 3 is 2.28 bits per heavy atom. The van der Waals surface area contributed by atoms with Gasteiger partial charge in [-0.2, -0.15) is 0 Å². The quantitative estimate of drug-likeness (QED) is 0.353. The van der Waals surface area contributed by atoms with Gasteiger partial charge in [-0.05, 0) is 30.2 Å². The number of oxime groups is 1. The second-order valence-corrected chi connectivity index (χ2v) is 3.57. The standard InChI is InChI=1S/C15H10FNO/c16-14-9-6-12(7-10-14)8-11-15(17-18)13-4-2-1-3-5-13/h1-7,9-10,18H. The van der Waals surface area contributed by atoms with E-state index in [2.05, 4.69) is 17.0 Å². The molecule has 2 aromatic rings. The van der Waals surface area contributed by atoms with Gasteiger partial charge in [0.15, 0.2) is 5.71 Å². The van der Waals surface area contributed by atoms with Gasteiger partial charge in [0.05, 0.1) is 0 Å². The van der Waals surface area contributed by atoms with Crippen LogP contribution in [0.1, 0.15) is 11.1 Å². The summed E-state index contributed by atoms with van der Waals surface area (Å²) in [7, 11) is 0. The van der Waals surface area contributed by atoms with Crippen molar-refractivity contribution in [1.29, 1.82) is 0 Å². The van der Waals surface area contributed by atoms with Crippen molar-refractivity contribution in [2.45, 2.75) is 0 Å². The Labute approximate surface area is 104 Å². The maximum absolute atomic E-state index is 12.7. The lowest BCUT2D eigenvalue weighted by Crippen LogP contribution is -1.96. The molecule has 88 valence electrons. The van der Waals surface area contributed by atoms with Gasteiger partial charge in [0.25, 0.3) is 0 Å². The lowest BCUT2D eigenvalue weighted by molar-refractivity contribution is 0.320. The summed E-state index contributed by atoms with van der Waals surface area (Å²) >= 11 is 0. The molecule has 2 aromatic carbocycles. The highest BCUT2D eigenvalue weighted by Crippen LogP contribution is 2.03. The SMILES string of the molecule is ON=C(C#Cc1ccc(F)cc1)c1ccccc1. The first-order valence-corrected chi connectivity index (χ1v) is 5.34. The summed E-state index contributed by atoms with van der Waals surface area (Å²) in [5.41, 5.74) is 1.67. The van der Waals surface area contributed by atoms with Gasteiger partial charge in [-0.15, -0.1) is 0 Å². The Morgan fingerprint density at radius 1 is 1.00 bits per heavy atom. The Morgan fingerprint density at radius 2 is 1.67 bits per heavy atom. The summed E-state index contributed by atoms with van der Waals surface area (Å²) < 4.78 is 12.7. The predicted octanol–water partition coefficient (Wildman–Crippen LogP) is 3.06. The van der Waals surface area contributed by atoms with Gasteiger partial charge in [-0.3, -0.25) is 0 Å². The molecule has 0 unspecified atom stereocenters. The van der Waals surface area contributed by atoms with Gasteiger partial charge in [0.2, 0.25) is 0 Å². The summed E-state index contributed by atoms with van der Waals surface area (Å²) in [5, 5.41) is 12.1. The van der Waals surface area contributed by atoms with E-state index in [9.17, 15) is 4.39 Å². The second kappa shape index (κ2) is 5.65. The highest BCUT2D eigenvalue weighted by atomic mass is 19.1. The lowest BCUT2D eigenvalue weighted by Gasteiger charge is -1.95. The molecular formula is C15H10FNO. The van der Waals surface area contributed by atoms with Crippen molar-refractivity contribution < 1.29 is 9.60 Å². The van der Waals surface area contributed by atoms with Crippen LogP contribution < -0.4 is 0 Å². The van der Waals surface area contributed by atoms with E-state index in [0.717, 1.165) is 5.56 Å². The van der Waals surface area contributed by atoms with Crippen LogP contribution in [0.2, 0.25) is 0 Å². The monoisotopic (exact) mass is 239 g/mol. The molecule has 0 aliphatic carbocycles. The molecule has 0 spiro atoms. The topological polar surface area (TPSA) is 32.6 Å². The number of rotatable bonds is 1. The van der Waals surface area contributed by atoms with Gasteiger partial charge in [0, 0.05) is 11.1 Å². The number of benzene rings is 2. The normalized spacial score (nSPS) is 10.6. The average molecular weight is 239 g/mol. The number of hydrogen-bond donors (Lipinski definition) is 1. The largest absolute Gasteiger partial charge is 0.410 e. The third kappa shape index (κ3) is 2.96. The maximum Gasteiger partial charge on any atom is 0.159 e. The van der Waals surface area contributed by atoms with Crippen molar-refractivity contribution in [3.8, 4) is 11.8 Å². The van der Waals surface area contributed by atoms with Gasteiger partial charge in [-0.1, -0.05) is 41.4 Å². The van der Waals surface area contributed by atoms with Crippen LogP contribution in [0.3, 0.4) is 0 Å². The van der Waals surface area contributed by atoms with Crippen molar-refractivity contribution in [1.82, 2.24) is 0 Å². The van der Waals surface area contributed by atoms with E-state index in [1.165, 1.54) is 12.1 Å². The lowest BCUT2D eigenvalue weighted by atomic mass is 10.1. The van der Waals surface area contributed by atoms with Crippen LogP contribution in [0.5, 0.6) is 0 Å². The Kier molecular flexibility index (Phi) is 3.72. The molecule has 0 saturated heterocycles. The number of halogens is 1. The van der Waals surface area contributed by atoms with Crippen molar-refractivity contribution in [3.63, 3.8) is 0 Å². The molecule has 1 N–H and O–H groups in total. The zero-order valence-corrected chi connectivity index (χ0v) is 9.47. The first kappa shape index (κ1) is 11.9. The highest BCUT2D eigenvalue weighted by Gasteiger charge is 1.98. The van der Waals surface area contributed by atoms with E-state index in [1.807, 2.05) is 18.2 Å². The van der Waals surface area contributed by atoms with Gasteiger partial charge in [0.1, 0.15) is 5.82 Å². The van der Waals surface area contributed by atoms with Crippen LogP contribution in [0.15, 0.2) is 59.8 Å². The molecular weight excluding hydrogens is 229 g/mol. The van der Waals surface area contributed by atoms with E-state index in [4.69, 9.17) is 5.21 Å². The third-order valence-corrected chi connectivity index (χ3v) is 2.32. The fraction of sp³-hybridized carbons (Fsp3) is 0. The zero-order valence-electron chi connectivity index (χ0n) is 9.47. The molecule has 0 radical (unpaired) electrons. The molecule has 2 nitrogen and oxygen atoms in total. The molecule has 18 heavy (non-hydrogen) atoms. The zero-order chi connectivity index (χ0) is 12.8. The minimum absolute atomic E-state index is 0.278. The fourth-order valence-electron chi connectivity index (χ4n) is 1.42. The van der Waals surface area contributed by atoms with Crippen molar-refractivity contribution in [2.24, 2.45) is 5.16 Å². The van der Waals surface area contributed by atoms with Crippen LogP contribution in [0.4, 0.5) is 4.39 Å². The Balaban J connectivity index is 2.26. The van der Waals surface area contributed by atoms with Gasteiger partial charge < -0.3 is 5.21 Å². The van der Waals surface area contributed by atoms with Crippen molar-refractivity contribution in [2.75, 3.05) is 0 Å². The molecule has 0 aromatic heterocycles. The van der Waals surface area contributed by atoms with E-state index < -0.39 is 0 Å². The average Bonchev–Trinajstić information content (AvgIpc) is 2.43. The molecule has 3 heteroatoms. The molecule has 0 bridgehead atoms.